The molecule has 2 N–H and O–H groups in total. The summed E-state index contributed by atoms with van der Waals surface area (Å²) >= 11 is 2.69. The van der Waals surface area contributed by atoms with Gasteiger partial charge in [0.05, 0.1) is 10.9 Å². The number of hydrogen-bond acceptors (Lipinski definition) is 9. The number of aliphatic carboxylic acids is 1. The fourth-order valence-corrected chi connectivity index (χ4v) is 6.69. The summed E-state index contributed by atoms with van der Waals surface area (Å²) in [6, 6.07) is -0.633. The van der Waals surface area contributed by atoms with Crippen LogP contribution >= 0.6 is 22.7 Å². The van der Waals surface area contributed by atoms with Crippen LogP contribution in [0.15, 0.2) is 10.8 Å². The number of amides is 2. The first kappa shape index (κ1) is 32.7. The van der Waals surface area contributed by atoms with Gasteiger partial charge in [0.15, 0.2) is 6.10 Å². The van der Waals surface area contributed by atoms with E-state index in [1.165, 1.54) is 36.0 Å². The SMILES string of the molecule is CC(=O)O[C@H](CC(C(C)C)N(C)C(=O)CC1CCC1)c1nc(C(=O)N[C@@H](Cc2nc(C)cs2)C[C@H](C)C(=O)O)cs1. The molecule has 10 nitrogen and oxygen atoms in total. The number of aryl methyl sites for hydroxylation is 1. The van der Waals surface area contributed by atoms with Crippen molar-refractivity contribution >= 4 is 46.4 Å². The number of carbonyl (C=O) groups excluding carboxylic acids is 3. The lowest BCUT2D eigenvalue weighted by Crippen LogP contribution is -2.42. The van der Waals surface area contributed by atoms with E-state index in [0.717, 1.165) is 23.5 Å². The van der Waals surface area contributed by atoms with E-state index in [0.29, 0.717) is 30.2 Å². The predicted octanol–water partition coefficient (Wildman–Crippen LogP) is 5.03. The number of esters is 1. The lowest BCUT2D eigenvalue weighted by molar-refractivity contribution is -0.148. The number of ether oxygens (including phenoxy) is 1. The Kier molecular flexibility index (Phi) is 11.8. The van der Waals surface area contributed by atoms with Gasteiger partial charge in [-0.2, -0.15) is 0 Å². The van der Waals surface area contributed by atoms with Gasteiger partial charge in [0, 0.05) is 61.8 Å². The van der Waals surface area contributed by atoms with Crippen molar-refractivity contribution in [1.82, 2.24) is 20.2 Å². The minimum Gasteiger partial charge on any atom is -0.481 e. The maximum atomic E-state index is 13.2. The molecule has 0 radical (unpaired) electrons. The molecule has 41 heavy (non-hydrogen) atoms. The highest BCUT2D eigenvalue weighted by Crippen LogP contribution is 2.33. The molecule has 2 amide bonds. The van der Waals surface area contributed by atoms with Crippen molar-refractivity contribution < 1.29 is 29.0 Å². The fraction of sp³-hybridized carbons (Fsp3) is 0.655. The molecule has 0 aromatic carbocycles. The zero-order valence-electron chi connectivity index (χ0n) is 24.7. The third-order valence-electron chi connectivity index (χ3n) is 7.62. The van der Waals surface area contributed by atoms with Crippen molar-refractivity contribution in [3.8, 4) is 0 Å². The molecule has 4 atom stereocenters. The predicted molar refractivity (Wildman–Crippen MR) is 158 cm³/mol. The highest BCUT2D eigenvalue weighted by molar-refractivity contribution is 7.10. The molecule has 1 aliphatic carbocycles. The van der Waals surface area contributed by atoms with Crippen molar-refractivity contribution in [1.29, 1.82) is 0 Å². The topological polar surface area (TPSA) is 139 Å². The number of carbonyl (C=O) groups is 4. The number of carboxylic acids is 1. The summed E-state index contributed by atoms with van der Waals surface area (Å²) in [4.78, 5) is 60.5. The Bertz CT molecular complexity index is 1210. The Morgan fingerprint density at radius 3 is 2.37 bits per heavy atom. The van der Waals surface area contributed by atoms with E-state index in [2.05, 4.69) is 15.3 Å². The summed E-state index contributed by atoms with van der Waals surface area (Å²) in [5.74, 6) is -1.84. The Morgan fingerprint density at radius 2 is 1.83 bits per heavy atom. The third-order valence-corrected chi connectivity index (χ3v) is 9.55. The molecule has 2 aromatic heterocycles. The maximum Gasteiger partial charge on any atom is 0.306 e. The second kappa shape index (κ2) is 14.9. The van der Waals surface area contributed by atoms with Crippen LogP contribution in [-0.2, 0) is 25.5 Å². The molecule has 1 saturated carbocycles. The van der Waals surface area contributed by atoms with Crippen molar-refractivity contribution in [3.05, 3.63) is 32.2 Å². The van der Waals surface area contributed by atoms with Crippen LogP contribution in [0.25, 0.3) is 0 Å². The molecular weight excluding hydrogens is 564 g/mol. The Labute approximate surface area is 249 Å². The first-order valence-electron chi connectivity index (χ1n) is 14.2. The molecule has 0 saturated heterocycles. The summed E-state index contributed by atoms with van der Waals surface area (Å²) < 4.78 is 5.66. The van der Waals surface area contributed by atoms with Crippen molar-refractivity contribution in [3.63, 3.8) is 0 Å². The molecule has 3 rings (SSSR count). The fourth-order valence-electron chi connectivity index (χ4n) is 5.00. The molecule has 2 aromatic rings. The van der Waals surface area contributed by atoms with Gasteiger partial charge in [-0.3, -0.25) is 19.2 Å². The monoisotopic (exact) mass is 606 g/mol. The summed E-state index contributed by atoms with van der Waals surface area (Å²) in [6.45, 7) is 8.89. The van der Waals surface area contributed by atoms with E-state index >= 15 is 0 Å². The molecule has 1 fully saturated rings. The number of thiazole rings is 2. The minimum atomic E-state index is -0.935. The van der Waals surface area contributed by atoms with Crippen LogP contribution in [-0.4, -0.2) is 62.9 Å². The standard InChI is InChI=1S/C29H42N4O6S2/c1-16(2)23(33(6)26(35)11-20-8-7-9-20)13-24(39-19(5)34)28-32-22(15-41-28)27(36)31-21(10-17(3)29(37)38)12-25-30-18(4)14-40-25/h14-17,20-21,23-24H,7-13H2,1-6H3,(H,31,36)(H,37,38)/t17-,21+,23?,24+/m0/s1. The van der Waals surface area contributed by atoms with Gasteiger partial charge < -0.3 is 20.1 Å². The number of rotatable bonds is 15. The smallest absolute Gasteiger partial charge is 0.306 e. The van der Waals surface area contributed by atoms with Crippen LogP contribution in [0.1, 0.15) is 98.5 Å². The maximum absolute atomic E-state index is 13.2. The number of nitrogens with one attached hydrogen (secondary N) is 1. The van der Waals surface area contributed by atoms with Gasteiger partial charge in [-0.05, 0) is 38.0 Å². The van der Waals surface area contributed by atoms with Crippen LogP contribution in [0.4, 0.5) is 0 Å². The number of carboxylic acid groups (broad SMARTS) is 1. The van der Waals surface area contributed by atoms with Gasteiger partial charge >= 0.3 is 11.9 Å². The van der Waals surface area contributed by atoms with Crippen LogP contribution in [0.2, 0.25) is 0 Å². The molecule has 0 aliphatic heterocycles. The van der Waals surface area contributed by atoms with E-state index in [1.54, 1.807) is 24.3 Å². The Hall–Kier alpha value is -2.86. The summed E-state index contributed by atoms with van der Waals surface area (Å²) in [5, 5.41) is 17.2. The van der Waals surface area contributed by atoms with Crippen LogP contribution in [0.3, 0.4) is 0 Å². The average molecular weight is 607 g/mol. The molecule has 0 spiro atoms. The van der Waals surface area contributed by atoms with Gasteiger partial charge in [-0.25, -0.2) is 9.97 Å². The molecule has 1 unspecified atom stereocenters. The average Bonchev–Trinajstić information content (AvgIpc) is 3.52. The normalized spacial score (nSPS) is 16.4. The van der Waals surface area contributed by atoms with Gasteiger partial charge in [-0.15, -0.1) is 22.7 Å². The molecule has 226 valence electrons. The van der Waals surface area contributed by atoms with E-state index < -0.39 is 35.9 Å². The highest BCUT2D eigenvalue weighted by atomic mass is 32.1. The van der Waals surface area contributed by atoms with Gasteiger partial charge in [-0.1, -0.05) is 27.2 Å². The lowest BCUT2D eigenvalue weighted by Gasteiger charge is -2.35. The lowest BCUT2D eigenvalue weighted by atomic mass is 9.82. The minimum absolute atomic E-state index is 0.0891. The molecule has 1 aliphatic rings. The first-order chi connectivity index (χ1) is 19.3. The van der Waals surface area contributed by atoms with E-state index in [-0.39, 0.29) is 30.0 Å². The first-order valence-corrected chi connectivity index (χ1v) is 15.9. The summed E-state index contributed by atoms with van der Waals surface area (Å²) in [6.07, 6.45) is 4.18. The van der Waals surface area contributed by atoms with E-state index in [9.17, 15) is 24.3 Å². The van der Waals surface area contributed by atoms with Crippen LogP contribution < -0.4 is 5.32 Å². The van der Waals surface area contributed by atoms with E-state index in [1.807, 2.05) is 26.2 Å². The second-order valence-corrected chi connectivity index (χ2v) is 13.3. The van der Waals surface area contributed by atoms with Crippen molar-refractivity contribution in [2.75, 3.05) is 7.05 Å². The highest BCUT2D eigenvalue weighted by Gasteiger charge is 2.32. The summed E-state index contributed by atoms with van der Waals surface area (Å²) in [5.41, 5.74) is 1.04. The molecule has 2 heterocycles. The Morgan fingerprint density at radius 1 is 1.12 bits per heavy atom. The van der Waals surface area contributed by atoms with Crippen molar-refractivity contribution in [2.45, 2.75) is 97.8 Å². The molecule has 0 bridgehead atoms. The molecular formula is C29H42N4O6S2. The molecule has 12 heteroatoms. The largest absolute Gasteiger partial charge is 0.481 e. The number of nitrogens with zero attached hydrogens (tertiary/aromatic N) is 3. The Balaban J connectivity index is 1.74. The van der Waals surface area contributed by atoms with Crippen LogP contribution in [0, 0.1) is 24.7 Å². The zero-order valence-corrected chi connectivity index (χ0v) is 26.3. The summed E-state index contributed by atoms with van der Waals surface area (Å²) in [7, 11) is 1.80. The van der Waals surface area contributed by atoms with Crippen LogP contribution in [0.5, 0.6) is 0 Å². The quantitative estimate of drug-likeness (QED) is 0.269. The third kappa shape index (κ3) is 9.59. The van der Waals surface area contributed by atoms with Crippen molar-refractivity contribution in [2.24, 2.45) is 17.8 Å². The van der Waals surface area contributed by atoms with E-state index in [4.69, 9.17) is 4.74 Å². The second-order valence-electron chi connectivity index (χ2n) is 11.5. The van der Waals surface area contributed by atoms with Gasteiger partial charge in [0.2, 0.25) is 5.91 Å². The zero-order chi connectivity index (χ0) is 30.3. The number of aromatic nitrogens is 2. The van der Waals surface area contributed by atoms with Gasteiger partial charge in [0.1, 0.15) is 10.7 Å². The van der Waals surface area contributed by atoms with Gasteiger partial charge in [0.25, 0.3) is 5.91 Å². The number of hydrogen-bond donors (Lipinski definition) is 2.